The van der Waals surface area contributed by atoms with Gasteiger partial charge in [-0.2, -0.15) is 10.1 Å². The van der Waals surface area contributed by atoms with E-state index in [-0.39, 0.29) is 18.3 Å². The molecule has 1 aliphatic rings. The first kappa shape index (κ1) is 23.7. The van der Waals surface area contributed by atoms with E-state index in [1.807, 2.05) is 11.0 Å². The first-order valence-electron chi connectivity index (χ1n) is 11.6. The van der Waals surface area contributed by atoms with Gasteiger partial charge in [-0.15, -0.1) is 0 Å². The van der Waals surface area contributed by atoms with Crippen molar-refractivity contribution in [2.24, 2.45) is 5.92 Å². The summed E-state index contributed by atoms with van der Waals surface area (Å²) in [6, 6.07) is 8.71. The molecule has 4 rings (SSSR count). The van der Waals surface area contributed by atoms with Gasteiger partial charge in [-0.3, -0.25) is 9.48 Å². The van der Waals surface area contributed by atoms with Gasteiger partial charge < -0.3 is 14.5 Å². The van der Waals surface area contributed by atoms with Crippen LogP contribution in [0.4, 0.5) is 10.3 Å². The molecule has 34 heavy (non-hydrogen) atoms. The van der Waals surface area contributed by atoms with Crippen LogP contribution in [0.3, 0.4) is 0 Å². The maximum atomic E-state index is 13.7. The third-order valence-corrected chi connectivity index (χ3v) is 5.96. The van der Waals surface area contributed by atoms with Crippen LogP contribution in [-0.2, 0) is 17.8 Å². The molecule has 0 radical (unpaired) electrons. The fourth-order valence-corrected chi connectivity index (χ4v) is 4.10. The predicted octanol–water partition coefficient (Wildman–Crippen LogP) is 3.34. The average Bonchev–Trinajstić information content (AvgIpc) is 3.22. The average molecular weight is 467 g/mol. The van der Waals surface area contributed by atoms with E-state index in [1.165, 1.54) is 6.07 Å². The second-order valence-electron chi connectivity index (χ2n) is 9.01. The van der Waals surface area contributed by atoms with Gasteiger partial charge >= 0.3 is 0 Å². The Labute approximate surface area is 199 Å². The SMILES string of the molecule is COc1ccnc(N2CCN(C(=O)Cn3nc(-c4ccc(F)c(C)c4)cc3CC(C)C)CC2)n1. The van der Waals surface area contributed by atoms with Crippen LogP contribution in [0.2, 0.25) is 0 Å². The van der Waals surface area contributed by atoms with Crippen molar-refractivity contribution in [2.75, 3.05) is 38.2 Å². The number of carbonyl (C=O) groups is 1. The highest BCUT2D eigenvalue weighted by molar-refractivity contribution is 5.76. The van der Waals surface area contributed by atoms with Crippen LogP contribution in [0.25, 0.3) is 11.3 Å². The number of hydrogen-bond donors (Lipinski definition) is 0. The molecule has 9 heteroatoms. The van der Waals surface area contributed by atoms with Crippen LogP contribution in [0.5, 0.6) is 5.88 Å². The zero-order valence-corrected chi connectivity index (χ0v) is 20.2. The predicted molar refractivity (Wildman–Crippen MR) is 128 cm³/mol. The van der Waals surface area contributed by atoms with Crippen molar-refractivity contribution >= 4 is 11.9 Å². The number of anilines is 1. The molecule has 1 saturated heterocycles. The van der Waals surface area contributed by atoms with E-state index >= 15 is 0 Å². The molecule has 0 aliphatic carbocycles. The number of ether oxygens (including phenoxy) is 1. The number of carbonyl (C=O) groups excluding carboxylic acids is 1. The van der Waals surface area contributed by atoms with Gasteiger partial charge in [0.15, 0.2) is 0 Å². The molecule has 8 nitrogen and oxygen atoms in total. The van der Waals surface area contributed by atoms with Gasteiger partial charge in [-0.25, -0.2) is 9.37 Å². The topological polar surface area (TPSA) is 76.4 Å². The lowest BCUT2D eigenvalue weighted by Crippen LogP contribution is -2.50. The van der Waals surface area contributed by atoms with Crippen LogP contribution in [0.1, 0.15) is 25.1 Å². The van der Waals surface area contributed by atoms with Gasteiger partial charge in [-0.05, 0) is 49.1 Å². The molecule has 1 fully saturated rings. The number of piperazine rings is 1. The smallest absolute Gasteiger partial charge is 0.244 e. The van der Waals surface area contributed by atoms with E-state index in [0.29, 0.717) is 49.5 Å². The van der Waals surface area contributed by atoms with Crippen molar-refractivity contribution in [3.8, 4) is 17.1 Å². The largest absolute Gasteiger partial charge is 0.481 e. The lowest BCUT2D eigenvalue weighted by Gasteiger charge is -2.34. The zero-order chi connectivity index (χ0) is 24.2. The Morgan fingerprint density at radius 2 is 1.91 bits per heavy atom. The van der Waals surface area contributed by atoms with E-state index in [9.17, 15) is 9.18 Å². The Bertz CT molecular complexity index is 1150. The summed E-state index contributed by atoms with van der Waals surface area (Å²) in [5.74, 6) is 1.34. The van der Waals surface area contributed by atoms with E-state index in [0.717, 1.165) is 23.4 Å². The zero-order valence-electron chi connectivity index (χ0n) is 20.2. The van der Waals surface area contributed by atoms with Crippen LogP contribution in [0, 0.1) is 18.7 Å². The molecule has 0 unspecified atom stereocenters. The van der Waals surface area contributed by atoms with Crippen LogP contribution >= 0.6 is 0 Å². The normalized spacial score (nSPS) is 14.1. The molecule has 1 aromatic carbocycles. The fourth-order valence-electron chi connectivity index (χ4n) is 4.10. The van der Waals surface area contributed by atoms with Gasteiger partial charge in [0.05, 0.1) is 12.8 Å². The van der Waals surface area contributed by atoms with Gasteiger partial charge in [0.1, 0.15) is 12.4 Å². The minimum Gasteiger partial charge on any atom is -0.481 e. The summed E-state index contributed by atoms with van der Waals surface area (Å²) in [6.07, 6.45) is 2.48. The maximum absolute atomic E-state index is 13.7. The highest BCUT2D eigenvalue weighted by Crippen LogP contribution is 2.23. The Morgan fingerprint density at radius 3 is 2.59 bits per heavy atom. The Balaban J connectivity index is 1.45. The molecule has 3 aromatic rings. The van der Waals surface area contributed by atoms with Crippen molar-refractivity contribution in [1.29, 1.82) is 0 Å². The third-order valence-electron chi connectivity index (χ3n) is 5.96. The third kappa shape index (κ3) is 5.35. The van der Waals surface area contributed by atoms with Crippen molar-refractivity contribution in [3.05, 3.63) is 53.6 Å². The number of rotatable bonds is 7. The molecule has 180 valence electrons. The highest BCUT2D eigenvalue weighted by atomic mass is 19.1. The fraction of sp³-hybridized carbons (Fsp3) is 0.440. The Morgan fingerprint density at radius 1 is 1.15 bits per heavy atom. The van der Waals surface area contributed by atoms with Crippen molar-refractivity contribution in [1.82, 2.24) is 24.6 Å². The second-order valence-corrected chi connectivity index (χ2v) is 9.01. The number of nitrogens with zero attached hydrogens (tertiary/aromatic N) is 6. The first-order chi connectivity index (χ1) is 16.3. The number of benzene rings is 1. The van der Waals surface area contributed by atoms with Crippen LogP contribution in [0.15, 0.2) is 36.5 Å². The van der Waals surface area contributed by atoms with Gasteiger partial charge in [0, 0.05) is 49.7 Å². The molecule has 1 aliphatic heterocycles. The minimum absolute atomic E-state index is 0.0288. The van der Waals surface area contributed by atoms with Crippen LogP contribution < -0.4 is 9.64 Å². The summed E-state index contributed by atoms with van der Waals surface area (Å²) >= 11 is 0. The molecule has 3 heterocycles. The maximum Gasteiger partial charge on any atom is 0.244 e. The molecule has 0 bridgehead atoms. The molecule has 0 atom stereocenters. The number of aryl methyl sites for hydroxylation is 1. The van der Waals surface area contributed by atoms with E-state index in [1.54, 1.807) is 43.1 Å². The summed E-state index contributed by atoms with van der Waals surface area (Å²) < 4.78 is 20.7. The number of methoxy groups -OCH3 is 1. The first-order valence-corrected chi connectivity index (χ1v) is 11.6. The molecule has 0 N–H and O–H groups in total. The Hall–Kier alpha value is -3.49. The van der Waals surface area contributed by atoms with Gasteiger partial charge in [-0.1, -0.05) is 13.8 Å². The molecule has 0 saturated carbocycles. The lowest BCUT2D eigenvalue weighted by molar-refractivity contribution is -0.132. The highest BCUT2D eigenvalue weighted by Gasteiger charge is 2.24. The second kappa shape index (κ2) is 10.2. The van der Waals surface area contributed by atoms with Gasteiger partial charge in [0.2, 0.25) is 17.7 Å². The summed E-state index contributed by atoms with van der Waals surface area (Å²) in [5, 5.41) is 4.72. The number of hydrogen-bond acceptors (Lipinski definition) is 6. The summed E-state index contributed by atoms with van der Waals surface area (Å²) in [7, 11) is 1.58. The summed E-state index contributed by atoms with van der Waals surface area (Å²) in [4.78, 5) is 25.8. The number of amides is 1. The number of aromatic nitrogens is 4. The molecule has 0 spiro atoms. The minimum atomic E-state index is -0.237. The molecule has 2 aromatic heterocycles. The van der Waals surface area contributed by atoms with E-state index in [2.05, 4.69) is 28.7 Å². The van der Waals surface area contributed by atoms with E-state index < -0.39 is 0 Å². The van der Waals surface area contributed by atoms with E-state index in [4.69, 9.17) is 9.84 Å². The van der Waals surface area contributed by atoms with Crippen LogP contribution in [-0.4, -0.2) is 63.8 Å². The van der Waals surface area contributed by atoms with Gasteiger partial charge in [0.25, 0.3) is 0 Å². The molecular formula is C25H31FN6O2. The Kier molecular flexibility index (Phi) is 7.09. The number of halogens is 1. The quantitative estimate of drug-likeness (QED) is 0.532. The standard InChI is InChI=1S/C25H31FN6O2/c1-17(2)13-20-15-22(19-5-6-21(26)18(3)14-19)29-32(20)16-24(33)30-9-11-31(12-10-30)25-27-8-7-23(28-25)34-4/h5-8,14-15,17H,9-13,16H2,1-4H3. The summed E-state index contributed by atoms with van der Waals surface area (Å²) in [6.45, 7) is 8.67. The molecule has 1 amide bonds. The van der Waals surface area contributed by atoms with Crippen molar-refractivity contribution in [3.63, 3.8) is 0 Å². The molecular weight excluding hydrogens is 435 g/mol. The summed E-state index contributed by atoms with van der Waals surface area (Å²) in [5.41, 5.74) is 3.18. The van der Waals surface area contributed by atoms with Crippen molar-refractivity contribution in [2.45, 2.75) is 33.7 Å². The van der Waals surface area contributed by atoms with Crippen molar-refractivity contribution < 1.29 is 13.9 Å². The lowest BCUT2D eigenvalue weighted by atomic mass is 10.1. The monoisotopic (exact) mass is 466 g/mol.